The van der Waals surface area contributed by atoms with E-state index in [0.29, 0.717) is 47.7 Å². The summed E-state index contributed by atoms with van der Waals surface area (Å²) in [5, 5.41) is 17.8. The van der Waals surface area contributed by atoms with Gasteiger partial charge in [-0.05, 0) is 43.7 Å². The predicted molar refractivity (Wildman–Crippen MR) is 137 cm³/mol. The van der Waals surface area contributed by atoms with Gasteiger partial charge in [-0.1, -0.05) is 16.4 Å². The number of pyridine rings is 1. The zero-order valence-corrected chi connectivity index (χ0v) is 21.0. The normalized spacial score (nSPS) is 22.5. The molecule has 39 heavy (non-hydrogen) atoms. The van der Waals surface area contributed by atoms with Gasteiger partial charge in [0.1, 0.15) is 17.6 Å². The number of nitrogens with zero attached hydrogens (tertiary/aromatic N) is 6. The number of aromatic nitrogens is 4. The Bertz CT molecular complexity index is 1380. The van der Waals surface area contributed by atoms with E-state index >= 15 is 4.39 Å². The van der Waals surface area contributed by atoms with Gasteiger partial charge in [-0.2, -0.15) is 0 Å². The van der Waals surface area contributed by atoms with E-state index in [1.165, 1.54) is 11.0 Å². The summed E-state index contributed by atoms with van der Waals surface area (Å²) in [7, 11) is 0. The Morgan fingerprint density at radius 2 is 2.15 bits per heavy atom. The number of amides is 2. The Morgan fingerprint density at radius 1 is 1.23 bits per heavy atom. The SMILES string of the molecule is O=C(NCC1CC(c2ccc(-c3ccc(N4C[C@H](Cn5ccnn5)OC4=O)cc3F)cn2)=NO1)[C@@H]1CCCN1. The molecule has 3 atom stereocenters. The average Bonchev–Trinajstić information content (AvgIpc) is 3.76. The lowest BCUT2D eigenvalue weighted by Gasteiger charge is -2.14. The second kappa shape index (κ2) is 10.8. The maximum atomic E-state index is 15.1. The van der Waals surface area contributed by atoms with E-state index in [1.54, 1.807) is 47.5 Å². The van der Waals surface area contributed by atoms with E-state index in [9.17, 15) is 9.59 Å². The first-order chi connectivity index (χ1) is 19.0. The molecular formula is C26H27FN8O4. The van der Waals surface area contributed by atoms with Crippen LogP contribution in [0.3, 0.4) is 0 Å². The Hall–Kier alpha value is -4.39. The standard InChI is InChI=1S/C26H27FN8O4/c27-21-10-17(35-15-19(38-26(35)37)14-34-9-8-31-33-34)4-5-20(21)16-3-6-22(29-12-16)24-11-18(39-32-24)13-30-25(36)23-2-1-7-28-23/h3-6,8-10,12,18-19,23,28H,1-2,7,11,13-15H2,(H,30,36)/t18?,19-,23-/m0/s1. The van der Waals surface area contributed by atoms with E-state index in [2.05, 4.69) is 31.1 Å². The largest absolute Gasteiger partial charge is 0.442 e. The molecule has 2 fully saturated rings. The lowest BCUT2D eigenvalue weighted by atomic mass is 10.0. The number of benzene rings is 1. The van der Waals surface area contributed by atoms with Gasteiger partial charge in [0.25, 0.3) is 0 Å². The highest BCUT2D eigenvalue weighted by Crippen LogP contribution is 2.29. The molecule has 0 bridgehead atoms. The number of nitrogens with one attached hydrogen (secondary N) is 2. The van der Waals surface area contributed by atoms with Gasteiger partial charge < -0.3 is 20.2 Å². The Morgan fingerprint density at radius 3 is 2.90 bits per heavy atom. The van der Waals surface area contributed by atoms with Crippen molar-refractivity contribution < 1.29 is 23.6 Å². The van der Waals surface area contributed by atoms with Gasteiger partial charge in [0, 0.05) is 29.9 Å². The molecule has 0 radical (unpaired) electrons. The summed E-state index contributed by atoms with van der Waals surface area (Å²) in [6.45, 7) is 1.87. The summed E-state index contributed by atoms with van der Waals surface area (Å²) in [6, 6.07) is 8.01. The number of carbonyl (C=O) groups is 2. The summed E-state index contributed by atoms with van der Waals surface area (Å²) in [5.74, 6) is -0.503. The first-order valence-electron chi connectivity index (χ1n) is 12.9. The summed E-state index contributed by atoms with van der Waals surface area (Å²) >= 11 is 0. The summed E-state index contributed by atoms with van der Waals surface area (Å²) < 4.78 is 22.1. The van der Waals surface area contributed by atoms with Crippen LogP contribution in [0.4, 0.5) is 14.9 Å². The molecular weight excluding hydrogens is 507 g/mol. The second-order valence-electron chi connectivity index (χ2n) is 9.70. The quantitative estimate of drug-likeness (QED) is 0.447. The molecule has 1 aromatic carbocycles. The molecule has 3 aliphatic rings. The van der Waals surface area contributed by atoms with Gasteiger partial charge in [0.2, 0.25) is 5.91 Å². The fraction of sp³-hybridized carbons (Fsp3) is 0.385. The zero-order chi connectivity index (χ0) is 26.8. The average molecular weight is 535 g/mol. The van der Waals surface area contributed by atoms with Crippen molar-refractivity contribution in [3.8, 4) is 11.1 Å². The van der Waals surface area contributed by atoms with Gasteiger partial charge in [0.15, 0.2) is 6.10 Å². The van der Waals surface area contributed by atoms with Crippen molar-refractivity contribution in [2.75, 3.05) is 24.5 Å². The van der Waals surface area contributed by atoms with Crippen LogP contribution in [0.15, 0.2) is 54.1 Å². The molecule has 2 amide bonds. The molecule has 0 saturated carbocycles. The summed E-state index contributed by atoms with van der Waals surface area (Å²) in [4.78, 5) is 35.9. The summed E-state index contributed by atoms with van der Waals surface area (Å²) in [6.07, 6.45) is 5.95. The van der Waals surface area contributed by atoms with Crippen LogP contribution in [0.2, 0.25) is 0 Å². The minimum absolute atomic E-state index is 0.0201. The molecule has 3 aliphatic heterocycles. The molecule has 2 N–H and O–H groups in total. The van der Waals surface area contributed by atoms with Gasteiger partial charge in [-0.25, -0.2) is 13.9 Å². The fourth-order valence-electron chi connectivity index (χ4n) is 4.93. The van der Waals surface area contributed by atoms with Crippen LogP contribution in [0, 0.1) is 5.82 Å². The molecule has 0 aliphatic carbocycles. The van der Waals surface area contributed by atoms with Gasteiger partial charge in [-0.3, -0.25) is 14.7 Å². The van der Waals surface area contributed by atoms with Crippen LogP contribution >= 0.6 is 0 Å². The molecule has 1 unspecified atom stereocenters. The van der Waals surface area contributed by atoms with Crippen LogP contribution in [0.25, 0.3) is 11.1 Å². The molecule has 2 aromatic heterocycles. The number of halogens is 1. The molecule has 3 aromatic rings. The predicted octanol–water partition coefficient (Wildman–Crippen LogP) is 1.87. The number of rotatable bonds is 8. The van der Waals surface area contributed by atoms with Crippen molar-refractivity contribution in [2.24, 2.45) is 5.16 Å². The topological polar surface area (TPSA) is 136 Å². The lowest BCUT2D eigenvalue weighted by Crippen LogP contribution is -2.43. The number of hydrogen-bond donors (Lipinski definition) is 2. The number of oxime groups is 1. The van der Waals surface area contributed by atoms with Gasteiger partial charge in [0.05, 0.1) is 43.3 Å². The first kappa shape index (κ1) is 24.9. The van der Waals surface area contributed by atoms with E-state index in [-0.39, 0.29) is 24.6 Å². The fourth-order valence-corrected chi connectivity index (χ4v) is 4.93. The van der Waals surface area contributed by atoms with Crippen LogP contribution in [-0.2, 0) is 20.9 Å². The van der Waals surface area contributed by atoms with E-state index in [4.69, 9.17) is 9.57 Å². The van der Waals surface area contributed by atoms with Gasteiger partial charge in [-0.15, -0.1) is 5.10 Å². The van der Waals surface area contributed by atoms with Crippen LogP contribution < -0.4 is 15.5 Å². The third-order valence-electron chi connectivity index (χ3n) is 6.98. The molecule has 5 heterocycles. The van der Waals surface area contributed by atoms with Crippen molar-refractivity contribution in [3.05, 3.63) is 60.4 Å². The Kier molecular flexibility index (Phi) is 6.88. The minimum atomic E-state index is -0.536. The number of anilines is 1. The Labute approximate surface area is 223 Å². The van der Waals surface area contributed by atoms with E-state index < -0.39 is 18.0 Å². The second-order valence-corrected chi connectivity index (χ2v) is 9.70. The highest BCUT2D eigenvalue weighted by Gasteiger charge is 2.33. The van der Waals surface area contributed by atoms with E-state index in [0.717, 1.165) is 19.4 Å². The highest BCUT2D eigenvalue weighted by atomic mass is 19.1. The number of carbonyl (C=O) groups excluding carboxylic acids is 2. The van der Waals surface area contributed by atoms with Crippen LogP contribution in [-0.4, -0.2) is 75.6 Å². The lowest BCUT2D eigenvalue weighted by molar-refractivity contribution is -0.123. The molecule has 13 heteroatoms. The molecule has 2 saturated heterocycles. The first-order valence-corrected chi connectivity index (χ1v) is 12.9. The van der Waals surface area contributed by atoms with Crippen LogP contribution in [0.1, 0.15) is 25.0 Å². The number of ether oxygens (including phenoxy) is 1. The molecule has 0 spiro atoms. The monoisotopic (exact) mass is 534 g/mol. The number of hydrogen-bond acceptors (Lipinski definition) is 9. The molecule has 202 valence electrons. The van der Waals surface area contributed by atoms with Crippen molar-refractivity contribution in [1.82, 2.24) is 30.6 Å². The van der Waals surface area contributed by atoms with Crippen LogP contribution in [0.5, 0.6) is 0 Å². The third-order valence-corrected chi connectivity index (χ3v) is 6.98. The third kappa shape index (κ3) is 5.43. The maximum Gasteiger partial charge on any atom is 0.414 e. The maximum absolute atomic E-state index is 15.1. The van der Waals surface area contributed by atoms with Crippen molar-refractivity contribution in [1.29, 1.82) is 0 Å². The minimum Gasteiger partial charge on any atom is -0.442 e. The molecule has 6 rings (SSSR count). The number of cyclic esters (lactones) is 1. The van der Waals surface area contributed by atoms with Crippen molar-refractivity contribution in [3.63, 3.8) is 0 Å². The van der Waals surface area contributed by atoms with Gasteiger partial charge >= 0.3 is 6.09 Å². The molecule has 12 nitrogen and oxygen atoms in total. The smallest absolute Gasteiger partial charge is 0.414 e. The van der Waals surface area contributed by atoms with E-state index in [1.807, 2.05) is 0 Å². The summed E-state index contributed by atoms with van der Waals surface area (Å²) in [5.41, 5.74) is 2.65. The Balaban J connectivity index is 1.05. The van der Waals surface area contributed by atoms with Crippen molar-refractivity contribution in [2.45, 2.75) is 44.1 Å². The van der Waals surface area contributed by atoms with Crippen molar-refractivity contribution >= 4 is 23.4 Å². The zero-order valence-electron chi connectivity index (χ0n) is 21.0. The highest BCUT2D eigenvalue weighted by molar-refractivity contribution is 6.00.